The highest BCUT2D eigenvalue weighted by atomic mass is 35.5. The molecule has 0 fully saturated rings. The van der Waals surface area contributed by atoms with Gasteiger partial charge in [-0.2, -0.15) is 0 Å². The highest BCUT2D eigenvalue weighted by molar-refractivity contribution is 6.33. The normalized spacial score (nSPS) is 12.2. The molecule has 9 nitrogen and oxygen atoms in total. The fraction of sp³-hybridized carbons (Fsp3) is 0.276. The van der Waals surface area contributed by atoms with E-state index in [2.05, 4.69) is 15.3 Å². The molecule has 0 spiro atoms. The van der Waals surface area contributed by atoms with Gasteiger partial charge in [0.2, 0.25) is 5.91 Å². The Morgan fingerprint density at radius 2 is 1.82 bits per heavy atom. The second kappa shape index (κ2) is 11.3. The molecular formula is C29H32ClN5O4. The van der Waals surface area contributed by atoms with Crippen molar-refractivity contribution in [1.29, 1.82) is 0 Å². The summed E-state index contributed by atoms with van der Waals surface area (Å²) in [5.74, 6) is -0.0557. The zero-order valence-electron chi connectivity index (χ0n) is 22.5. The van der Waals surface area contributed by atoms with Gasteiger partial charge >= 0.3 is 0 Å². The molecular weight excluding hydrogens is 518 g/mol. The van der Waals surface area contributed by atoms with Crippen molar-refractivity contribution in [3.8, 4) is 17.1 Å². The molecule has 0 saturated heterocycles. The van der Waals surface area contributed by atoms with Gasteiger partial charge in [0, 0.05) is 47.9 Å². The monoisotopic (exact) mass is 549 g/mol. The molecule has 1 heterocycles. The fourth-order valence-corrected chi connectivity index (χ4v) is 4.15. The van der Waals surface area contributed by atoms with Gasteiger partial charge < -0.3 is 19.9 Å². The molecule has 3 aromatic carbocycles. The molecule has 10 heteroatoms. The average Bonchev–Trinajstić information content (AvgIpc) is 3.35. The number of H-pyrrole nitrogens is 1. The summed E-state index contributed by atoms with van der Waals surface area (Å²) in [6.45, 7) is 5.72. The Bertz CT molecular complexity index is 1500. The molecule has 204 valence electrons. The number of ether oxygens (including phenoxy) is 1. The number of hydroxylamine groups is 1. The van der Waals surface area contributed by atoms with Crippen LogP contribution in [0.5, 0.6) is 5.75 Å². The number of anilines is 2. The smallest absolute Gasteiger partial charge is 0.255 e. The molecule has 0 aliphatic heterocycles. The summed E-state index contributed by atoms with van der Waals surface area (Å²) >= 11 is 6.49. The quantitative estimate of drug-likeness (QED) is 0.156. The Hall–Kier alpha value is -4.08. The summed E-state index contributed by atoms with van der Waals surface area (Å²) in [7, 11) is 3.95. The van der Waals surface area contributed by atoms with E-state index in [0.717, 1.165) is 16.7 Å². The number of amides is 2. The van der Waals surface area contributed by atoms with Gasteiger partial charge in [0.15, 0.2) is 0 Å². The van der Waals surface area contributed by atoms with Crippen molar-refractivity contribution in [3.05, 3.63) is 71.2 Å². The van der Waals surface area contributed by atoms with E-state index in [-0.39, 0.29) is 12.5 Å². The van der Waals surface area contributed by atoms with Gasteiger partial charge in [0.1, 0.15) is 11.6 Å². The first-order valence-corrected chi connectivity index (χ1v) is 12.8. The van der Waals surface area contributed by atoms with Crippen LogP contribution in [0.1, 0.15) is 31.1 Å². The first kappa shape index (κ1) is 27.9. The van der Waals surface area contributed by atoms with Gasteiger partial charge in [0.05, 0.1) is 22.7 Å². The van der Waals surface area contributed by atoms with Crippen LogP contribution in [0.4, 0.5) is 11.4 Å². The zero-order chi connectivity index (χ0) is 28.3. The van der Waals surface area contributed by atoms with Crippen LogP contribution in [0.25, 0.3) is 22.4 Å². The lowest BCUT2D eigenvalue weighted by molar-refractivity contribution is -0.137. The molecule has 0 radical (unpaired) electrons. The number of aromatic amines is 1. The highest BCUT2D eigenvalue weighted by Crippen LogP contribution is 2.32. The number of rotatable bonds is 9. The molecule has 2 amide bonds. The summed E-state index contributed by atoms with van der Waals surface area (Å²) in [6.07, 6.45) is 0. The minimum atomic E-state index is -0.524. The number of nitrogens with one attached hydrogen (secondary N) is 3. The predicted molar refractivity (Wildman–Crippen MR) is 154 cm³/mol. The summed E-state index contributed by atoms with van der Waals surface area (Å²) in [5, 5.41) is 12.3. The topological polar surface area (TPSA) is 120 Å². The first-order valence-electron chi connectivity index (χ1n) is 12.4. The van der Waals surface area contributed by atoms with Crippen molar-refractivity contribution in [3.63, 3.8) is 0 Å². The van der Waals surface area contributed by atoms with E-state index < -0.39 is 17.2 Å². The molecule has 39 heavy (non-hydrogen) atoms. The van der Waals surface area contributed by atoms with Crippen LogP contribution in [0, 0.1) is 11.3 Å². The predicted octanol–water partition coefficient (Wildman–Crippen LogP) is 5.75. The van der Waals surface area contributed by atoms with Crippen LogP contribution in [-0.2, 0) is 4.79 Å². The van der Waals surface area contributed by atoms with Gasteiger partial charge in [-0.3, -0.25) is 14.8 Å². The first-order chi connectivity index (χ1) is 18.5. The summed E-state index contributed by atoms with van der Waals surface area (Å²) < 4.78 is 5.84. The lowest BCUT2D eigenvalue weighted by atomic mass is 9.80. The molecule has 1 atom stereocenters. The van der Waals surface area contributed by atoms with E-state index in [1.807, 2.05) is 51.0 Å². The van der Waals surface area contributed by atoms with Crippen LogP contribution in [-0.4, -0.2) is 47.7 Å². The van der Waals surface area contributed by atoms with E-state index >= 15 is 0 Å². The molecule has 4 rings (SSSR count). The third-order valence-electron chi connectivity index (χ3n) is 6.86. The van der Waals surface area contributed by atoms with Crippen molar-refractivity contribution in [2.24, 2.45) is 11.3 Å². The van der Waals surface area contributed by atoms with E-state index in [0.29, 0.717) is 33.4 Å². The SMILES string of the molecule is CC(C(=O)NO)C(C)(C)COc1ccc(C(=O)Nc2ccc(Cl)c(-c3nc4ccc(N(C)C)cc4[nH]3)c2)cc1. The van der Waals surface area contributed by atoms with Crippen molar-refractivity contribution in [2.75, 3.05) is 30.9 Å². The average molecular weight is 550 g/mol. The molecule has 4 N–H and O–H groups in total. The Balaban J connectivity index is 1.45. The summed E-state index contributed by atoms with van der Waals surface area (Å²) in [6, 6.07) is 17.9. The van der Waals surface area contributed by atoms with Gasteiger partial charge in [-0.15, -0.1) is 0 Å². The van der Waals surface area contributed by atoms with Crippen molar-refractivity contribution in [2.45, 2.75) is 20.8 Å². The second-order valence-corrected chi connectivity index (χ2v) is 10.7. The Morgan fingerprint density at radius 3 is 2.49 bits per heavy atom. The minimum Gasteiger partial charge on any atom is -0.493 e. The molecule has 0 bridgehead atoms. The summed E-state index contributed by atoms with van der Waals surface area (Å²) in [4.78, 5) is 34.7. The number of carbonyl (C=O) groups is 2. The van der Waals surface area contributed by atoms with Crippen LogP contribution >= 0.6 is 11.6 Å². The van der Waals surface area contributed by atoms with Crippen LogP contribution < -0.4 is 20.4 Å². The molecule has 0 aliphatic carbocycles. The lowest BCUT2D eigenvalue weighted by Crippen LogP contribution is -2.39. The minimum absolute atomic E-state index is 0.249. The Kier molecular flexibility index (Phi) is 8.13. The number of benzene rings is 3. The largest absolute Gasteiger partial charge is 0.493 e. The van der Waals surface area contributed by atoms with E-state index in [9.17, 15) is 9.59 Å². The fourth-order valence-electron chi connectivity index (χ4n) is 3.94. The second-order valence-electron chi connectivity index (χ2n) is 10.3. The third kappa shape index (κ3) is 6.32. The van der Waals surface area contributed by atoms with E-state index in [1.54, 1.807) is 54.9 Å². The van der Waals surface area contributed by atoms with Crippen molar-refractivity contribution in [1.82, 2.24) is 15.4 Å². The number of carbonyl (C=O) groups excluding carboxylic acids is 2. The molecule has 1 unspecified atom stereocenters. The molecule has 0 aliphatic rings. The maximum absolute atomic E-state index is 12.9. The zero-order valence-corrected chi connectivity index (χ0v) is 23.3. The van der Waals surface area contributed by atoms with Crippen molar-refractivity contribution >= 4 is 45.8 Å². The van der Waals surface area contributed by atoms with Gasteiger partial charge in [-0.1, -0.05) is 32.4 Å². The third-order valence-corrected chi connectivity index (χ3v) is 7.19. The number of fused-ring (bicyclic) bond motifs is 1. The number of imidazole rings is 1. The number of nitrogens with zero attached hydrogens (tertiary/aromatic N) is 2. The molecule has 0 saturated carbocycles. The molecule has 1 aromatic heterocycles. The van der Waals surface area contributed by atoms with E-state index in [4.69, 9.17) is 21.5 Å². The Morgan fingerprint density at radius 1 is 1.10 bits per heavy atom. The number of aromatic nitrogens is 2. The van der Waals surface area contributed by atoms with Crippen LogP contribution in [0.3, 0.4) is 0 Å². The maximum atomic E-state index is 12.9. The standard InChI is InChI=1S/C29H32ClN5O4/c1-17(27(36)34-38)29(2,3)16-39-21-10-6-18(7-11-21)28(37)31-19-8-12-23(30)22(14-19)26-32-24-13-9-20(35(4)5)15-25(24)33-26/h6-15,17,38H,16H2,1-5H3,(H,31,37)(H,32,33)(H,34,36). The van der Waals surface area contributed by atoms with Crippen molar-refractivity contribution < 1.29 is 19.5 Å². The van der Waals surface area contributed by atoms with Crippen LogP contribution in [0.2, 0.25) is 5.02 Å². The van der Waals surface area contributed by atoms with Gasteiger partial charge in [-0.25, -0.2) is 10.5 Å². The number of hydrogen-bond donors (Lipinski definition) is 4. The number of halogens is 1. The van der Waals surface area contributed by atoms with Gasteiger partial charge in [-0.05, 0) is 60.7 Å². The summed E-state index contributed by atoms with van der Waals surface area (Å²) in [5.41, 5.74) is 5.61. The van der Waals surface area contributed by atoms with Crippen LogP contribution in [0.15, 0.2) is 60.7 Å². The highest BCUT2D eigenvalue weighted by Gasteiger charge is 2.32. The maximum Gasteiger partial charge on any atom is 0.255 e. The number of hydrogen-bond acceptors (Lipinski definition) is 6. The molecule has 4 aromatic rings. The lowest BCUT2D eigenvalue weighted by Gasteiger charge is -2.29. The Labute approximate surface area is 232 Å². The van der Waals surface area contributed by atoms with E-state index in [1.165, 1.54) is 0 Å². The van der Waals surface area contributed by atoms with Gasteiger partial charge in [0.25, 0.3) is 5.91 Å².